The van der Waals surface area contributed by atoms with E-state index >= 15 is 0 Å². The van der Waals surface area contributed by atoms with E-state index in [0.717, 1.165) is 24.2 Å². The Balaban J connectivity index is 1.67. The second kappa shape index (κ2) is 8.60. The van der Waals surface area contributed by atoms with Gasteiger partial charge in [-0.05, 0) is 87.3 Å². The van der Waals surface area contributed by atoms with Gasteiger partial charge in [0.05, 0.1) is 6.04 Å². The molecular weight excluding hydrogens is 334 g/mol. The summed E-state index contributed by atoms with van der Waals surface area (Å²) in [4.78, 5) is 12.8. The van der Waals surface area contributed by atoms with Gasteiger partial charge in [0.15, 0.2) is 6.10 Å². The summed E-state index contributed by atoms with van der Waals surface area (Å²) in [6.45, 7) is 8.19. The van der Waals surface area contributed by atoms with Gasteiger partial charge in [0.1, 0.15) is 5.75 Å². The van der Waals surface area contributed by atoms with Gasteiger partial charge in [0.2, 0.25) is 0 Å². The first-order chi connectivity index (χ1) is 13.0. The maximum atomic E-state index is 12.8. The molecule has 1 N–H and O–H groups in total. The van der Waals surface area contributed by atoms with E-state index in [-0.39, 0.29) is 11.9 Å². The molecule has 3 rings (SSSR count). The first kappa shape index (κ1) is 19.5. The number of benzene rings is 2. The van der Waals surface area contributed by atoms with Crippen LogP contribution in [-0.4, -0.2) is 12.0 Å². The van der Waals surface area contributed by atoms with Crippen LogP contribution in [0.25, 0.3) is 0 Å². The van der Waals surface area contributed by atoms with Crippen LogP contribution in [0.1, 0.15) is 67.0 Å². The molecule has 0 radical (unpaired) electrons. The SMILES string of the molecule is CC[C@@H](Oc1ccc2c(c1)CCCC2)C(=O)N[C@@H](C)c1ccc(C)cc1C. The molecule has 144 valence electrons. The average molecular weight is 366 g/mol. The summed E-state index contributed by atoms with van der Waals surface area (Å²) in [5, 5.41) is 3.13. The van der Waals surface area contributed by atoms with Crippen molar-refractivity contribution in [3.05, 3.63) is 64.2 Å². The van der Waals surface area contributed by atoms with E-state index in [9.17, 15) is 4.79 Å². The van der Waals surface area contributed by atoms with Crippen LogP contribution in [0.2, 0.25) is 0 Å². The van der Waals surface area contributed by atoms with Gasteiger partial charge in [-0.1, -0.05) is 36.8 Å². The number of carbonyl (C=O) groups excluding carboxylic acids is 1. The number of carbonyl (C=O) groups is 1. The highest BCUT2D eigenvalue weighted by atomic mass is 16.5. The molecule has 0 fully saturated rings. The number of ether oxygens (including phenoxy) is 1. The Morgan fingerprint density at radius 2 is 1.81 bits per heavy atom. The maximum Gasteiger partial charge on any atom is 0.261 e. The average Bonchev–Trinajstić information content (AvgIpc) is 2.65. The van der Waals surface area contributed by atoms with Gasteiger partial charge in [-0.2, -0.15) is 0 Å². The molecule has 1 aliphatic carbocycles. The predicted molar refractivity (Wildman–Crippen MR) is 110 cm³/mol. The first-order valence-corrected chi connectivity index (χ1v) is 10.1. The number of nitrogens with one attached hydrogen (secondary N) is 1. The number of rotatable bonds is 6. The van der Waals surface area contributed by atoms with Crippen molar-refractivity contribution in [2.75, 3.05) is 0 Å². The van der Waals surface area contributed by atoms with Crippen molar-refractivity contribution in [3.8, 4) is 5.75 Å². The zero-order chi connectivity index (χ0) is 19.4. The highest BCUT2D eigenvalue weighted by Gasteiger charge is 2.22. The Morgan fingerprint density at radius 1 is 1.07 bits per heavy atom. The largest absolute Gasteiger partial charge is 0.481 e. The van der Waals surface area contributed by atoms with Crippen molar-refractivity contribution in [2.45, 2.75) is 71.9 Å². The Morgan fingerprint density at radius 3 is 2.52 bits per heavy atom. The van der Waals surface area contributed by atoms with Crippen molar-refractivity contribution in [1.82, 2.24) is 5.32 Å². The third-order valence-electron chi connectivity index (χ3n) is 5.51. The molecule has 3 nitrogen and oxygen atoms in total. The van der Waals surface area contributed by atoms with Crippen LogP contribution < -0.4 is 10.1 Å². The molecule has 2 aromatic carbocycles. The lowest BCUT2D eigenvalue weighted by Crippen LogP contribution is -2.39. The molecule has 0 heterocycles. The number of hydrogen-bond acceptors (Lipinski definition) is 2. The predicted octanol–water partition coefficient (Wildman–Crippen LogP) is 5.22. The molecule has 0 aromatic heterocycles. The molecule has 0 aliphatic heterocycles. The summed E-state index contributed by atoms with van der Waals surface area (Å²) in [6, 6.07) is 12.6. The van der Waals surface area contributed by atoms with E-state index in [2.05, 4.69) is 49.5 Å². The quantitative estimate of drug-likeness (QED) is 0.762. The molecule has 0 unspecified atom stereocenters. The molecule has 2 aromatic rings. The van der Waals surface area contributed by atoms with Crippen LogP contribution in [0.3, 0.4) is 0 Å². The van der Waals surface area contributed by atoms with Crippen molar-refractivity contribution in [1.29, 1.82) is 0 Å². The summed E-state index contributed by atoms with van der Waals surface area (Å²) in [5.41, 5.74) is 6.38. The minimum atomic E-state index is -0.472. The van der Waals surface area contributed by atoms with Crippen LogP contribution in [-0.2, 0) is 17.6 Å². The molecule has 27 heavy (non-hydrogen) atoms. The van der Waals surface area contributed by atoms with E-state index in [1.54, 1.807) is 0 Å². The van der Waals surface area contributed by atoms with Gasteiger partial charge < -0.3 is 10.1 Å². The smallest absolute Gasteiger partial charge is 0.261 e. The fourth-order valence-electron chi connectivity index (χ4n) is 3.97. The topological polar surface area (TPSA) is 38.3 Å². The second-order valence-electron chi connectivity index (χ2n) is 7.74. The second-order valence-corrected chi connectivity index (χ2v) is 7.74. The zero-order valence-electron chi connectivity index (χ0n) is 17.0. The number of hydrogen-bond donors (Lipinski definition) is 1. The highest BCUT2D eigenvalue weighted by Crippen LogP contribution is 2.26. The summed E-state index contributed by atoms with van der Waals surface area (Å²) in [7, 11) is 0. The van der Waals surface area contributed by atoms with Gasteiger partial charge in [0, 0.05) is 0 Å². The minimum Gasteiger partial charge on any atom is -0.481 e. The Bertz CT molecular complexity index is 812. The zero-order valence-corrected chi connectivity index (χ0v) is 17.0. The fourth-order valence-corrected chi connectivity index (χ4v) is 3.97. The van der Waals surface area contributed by atoms with E-state index in [0.29, 0.717) is 6.42 Å². The van der Waals surface area contributed by atoms with E-state index < -0.39 is 6.10 Å². The van der Waals surface area contributed by atoms with E-state index in [1.807, 2.05) is 19.9 Å². The minimum absolute atomic E-state index is 0.0423. The van der Waals surface area contributed by atoms with Crippen molar-refractivity contribution in [3.63, 3.8) is 0 Å². The summed E-state index contributed by atoms with van der Waals surface area (Å²) < 4.78 is 6.07. The van der Waals surface area contributed by atoms with Crippen LogP contribution in [0.15, 0.2) is 36.4 Å². The van der Waals surface area contributed by atoms with Crippen LogP contribution in [0.4, 0.5) is 0 Å². The molecule has 1 aliphatic rings. The third kappa shape index (κ3) is 4.71. The van der Waals surface area contributed by atoms with Crippen LogP contribution in [0.5, 0.6) is 5.75 Å². The van der Waals surface area contributed by atoms with Gasteiger partial charge in [-0.15, -0.1) is 0 Å². The summed E-state index contributed by atoms with van der Waals surface area (Å²) >= 11 is 0. The summed E-state index contributed by atoms with van der Waals surface area (Å²) in [5.74, 6) is 0.750. The molecule has 0 bridgehead atoms. The van der Waals surface area contributed by atoms with Crippen LogP contribution >= 0.6 is 0 Å². The van der Waals surface area contributed by atoms with Crippen molar-refractivity contribution < 1.29 is 9.53 Å². The maximum absolute atomic E-state index is 12.8. The van der Waals surface area contributed by atoms with Gasteiger partial charge >= 0.3 is 0 Å². The lowest BCUT2D eigenvalue weighted by atomic mass is 9.92. The molecular formula is C24H31NO2. The molecule has 2 atom stereocenters. The monoisotopic (exact) mass is 365 g/mol. The molecule has 0 spiro atoms. The third-order valence-corrected chi connectivity index (χ3v) is 5.51. The normalized spacial score (nSPS) is 15.6. The summed E-state index contributed by atoms with van der Waals surface area (Å²) in [6.07, 6.45) is 4.94. The molecule has 0 saturated carbocycles. The Labute approximate surface area is 163 Å². The molecule has 1 amide bonds. The van der Waals surface area contributed by atoms with Gasteiger partial charge in [-0.25, -0.2) is 0 Å². The molecule has 0 saturated heterocycles. The number of amides is 1. The standard InChI is InChI=1S/C24H31NO2/c1-5-23(27-21-12-11-19-8-6-7-9-20(19)15-21)24(26)25-18(4)22-13-10-16(2)14-17(22)3/h10-15,18,23H,5-9H2,1-4H3,(H,25,26)/t18-,23+/m0/s1. The fraction of sp³-hybridized carbons (Fsp3) is 0.458. The van der Waals surface area contributed by atoms with E-state index in [4.69, 9.17) is 4.74 Å². The van der Waals surface area contributed by atoms with Crippen molar-refractivity contribution >= 4 is 5.91 Å². The lowest BCUT2D eigenvalue weighted by Gasteiger charge is -2.23. The van der Waals surface area contributed by atoms with Crippen molar-refractivity contribution in [2.24, 2.45) is 0 Å². The first-order valence-electron chi connectivity index (χ1n) is 10.1. The highest BCUT2D eigenvalue weighted by molar-refractivity contribution is 5.81. The number of fused-ring (bicyclic) bond motifs is 1. The van der Waals surface area contributed by atoms with E-state index in [1.165, 1.54) is 35.1 Å². The van der Waals surface area contributed by atoms with Crippen LogP contribution in [0, 0.1) is 13.8 Å². The Kier molecular flexibility index (Phi) is 6.20. The molecule has 3 heteroatoms. The Hall–Kier alpha value is -2.29. The van der Waals surface area contributed by atoms with Gasteiger partial charge in [0.25, 0.3) is 5.91 Å². The lowest BCUT2D eigenvalue weighted by molar-refractivity contribution is -0.128. The van der Waals surface area contributed by atoms with Gasteiger partial charge in [-0.3, -0.25) is 4.79 Å². The number of aryl methyl sites for hydroxylation is 4.